The first-order chi connectivity index (χ1) is 13.2. The molecule has 2 aromatic carbocycles. The van der Waals surface area contributed by atoms with Crippen molar-refractivity contribution in [3.05, 3.63) is 65.4 Å². The average molecular weight is 397 g/mol. The highest BCUT2D eigenvalue weighted by molar-refractivity contribution is 5.85. The van der Waals surface area contributed by atoms with Crippen LogP contribution in [-0.2, 0) is 18.3 Å². The van der Waals surface area contributed by atoms with Gasteiger partial charge in [0.2, 0.25) is 0 Å². The van der Waals surface area contributed by atoms with E-state index in [-0.39, 0.29) is 17.8 Å². The molecule has 5 rings (SSSR count). The highest BCUT2D eigenvalue weighted by atomic mass is 35.5. The maximum absolute atomic E-state index is 5.56. The Morgan fingerprint density at radius 2 is 2.04 bits per heavy atom. The fourth-order valence-electron chi connectivity index (χ4n) is 5.54. The quantitative estimate of drug-likeness (QED) is 0.676. The summed E-state index contributed by atoms with van der Waals surface area (Å²) in [6.07, 6.45) is 3.48. The molecule has 1 N–H and O–H groups in total. The van der Waals surface area contributed by atoms with Gasteiger partial charge < -0.3 is 14.6 Å². The summed E-state index contributed by atoms with van der Waals surface area (Å²) in [5, 5.41) is 1.42. The Bertz CT molecular complexity index is 982. The maximum atomic E-state index is 5.56. The van der Waals surface area contributed by atoms with E-state index in [9.17, 15) is 0 Å². The molecule has 2 heterocycles. The molecule has 1 aliphatic heterocycles. The van der Waals surface area contributed by atoms with Crippen molar-refractivity contribution in [1.82, 2.24) is 9.88 Å². The molecule has 0 radical (unpaired) electrons. The van der Waals surface area contributed by atoms with Crippen LogP contribution in [-0.4, -0.2) is 36.6 Å². The molecule has 4 heteroatoms. The number of likely N-dealkylation sites (tertiary alicyclic amines) is 1. The molecule has 3 aromatic rings. The summed E-state index contributed by atoms with van der Waals surface area (Å²) in [4.78, 5) is 6.38. The molecule has 1 aromatic heterocycles. The van der Waals surface area contributed by atoms with Crippen molar-refractivity contribution in [2.45, 2.75) is 31.6 Å². The molecule has 2 aliphatic rings. The van der Waals surface area contributed by atoms with Crippen LogP contribution in [0.1, 0.15) is 30.2 Å². The summed E-state index contributed by atoms with van der Waals surface area (Å²) in [7, 11) is 1.77. The van der Waals surface area contributed by atoms with E-state index >= 15 is 0 Å². The molecular weight excluding hydrogens is 368 g/mol. The number of aromatic nitrogens is 1. The van der Waals surface area contributed by atoms with E-state index in [2.05, 4.69) is 65.3 Å². The zero-order chi connectivity index (χ0) is 18.4. The van der Waals surface area contributed by atoms with Gasteiger partial charge in [0.1, 0.15) is 5.75 Å². The topological polar surface area (TPSA) is 28.3 Å². The van der Waals surface area contributed by atoms with Gasteiger partial charge in [-0.05, 0) is 67.6 Å². The molecule has 28 heavy (non-hydrogen) atoms. The Morgan fingerprint density at radius 1 is 1.18 bits per heavy atom. The summed E-state index contributed by atoms with van der Waals surface area (Å²) in [6.45, 7) is 5.80. The number of fused-ring (bicyclic) bond motifs is 4. The SMILES string of the molecule is CCN1CCC2(c3cccc(OC)c3)Cc3[nH]c4ccccc4c3CC2C1.Cl. The van der Waals surface area contributed by atoms with Crippen LogP contribution in [0.3, 0.4) is 0 Å². The standard InChI is InChI=1S/C24H28N2O.ClH/c1-3-26-12-11-24(17-7-6-8-19(13-17)27-2)15-23-21(14-18(24)16-26)20-9-4-5-10-22(20)25-23;/h4-10,13,18,25H,3,11-12,14-16H2,1-2H3;1H. The summed E-state index contributed by atoms with van der Waals surface area (Å²) >= 11 is 0. The Kier molecular flexibility index (Phi) is 5.15. The number of ether oxygens (including phenoxy) is 1. The lowest BCUT2D eigenvalue weighted by Crippen LogP contribution is -2.53. The number of nitrogens with zero attached hydrogens (tertiary/aromatic N) is 1. The molecule has 0 amide bonds. The molecule has 3 nitrogen and oxygen atoms in total. The van der Waals surface area contributed by atoms with Crippen LogP contribution in [0.15, 0.2) is 48.5 Å². The first-order valence-corrected chi connectivity index (χ1v) is 10.2. The molecule has 1 fully saturated rings. The van der Waals surface area contributed by atoms with Gasteiger partial charge >= 0.3 is 0 Å². The fourth-order valence-corrected chi connectivity index (χ4v) is 5.54. The molecule has 1 aliphatic carbocycles. The number of methoxy groups -OCH3 is 1. The highest BCUT2D eigenvalue weighted by Gasteiger charge is 2.47. The maximum Gasteiger partial charge on any atom is 0.119 e. The van der Waals surface area contributed by atoms with E-state index < -0.39 is 0 Å². The minimum absolute atomic E-state index is 0. The van der Waals surface area contributed by atoms with Gasteiger partial charge in [0, 0.05) is 28.6 Å². The Hall–Kier alpha value is -1.97. The number of H-pyrrole nitrogens is 1. The van der Waals surface area contributed by atoms with Crippen LogP contribution in [0.2, 0.25) is 0 Å². The van der Waals surface area contributed by atoms with Crippen molar-refractivity contribution in [3.63, 3.8) is 0 Å². The number of hydrogen-bond acceptors (Lipinski definition) is 2. The van der Waals surface area contributed by atoms with Crippen LogP contribution in [0, 0.1) is 5.92 Å². The van der Waals surface area contributed by atoms with E-state index in [4.69, 9.17) is 4.74 Å². The van der Waals surface area contributed by atoms with E-state index in [1.807, 2.05) is 0 Å². The lowest BCUT2D eigenvalue weighted by molar-refractivity contribution is 0.0852. The first-order valence-electron chi connectivity index (χ1n) is 10.2. The Labute approximate surface area is 173 Å². The first kappa shape index (κ1) is 19.4. The second kappa shape index (κ2) is 7.46. The highest BCUT2D eigenvalue weighted by Crippen LogP contribution is 2.49. The van der Waals surface area contributed by atoms with Gasteiger partial charge in [-0.1, -0.05) is 37.3 Å². The van der Waals surface area contributed by atoms with Crippen LogP contribution >= 0.6 is 12.4 Å². The van der Waals surface area contributed by atoms with Gasteiger partial charge in [0.25, 0.3) is 0 Å². The second-order valence-electron chi connectivity index (χ2n) is 8.24. The fraction of sp³-hybridized carbons (Fsp3) is 0.417. The van der Waals surface area contributed by atoms with E-state index in [1.165, 1.54) is 41.7 Å². The average Bonchev–Trinajstić information content (AvgIpc) is 3.08. The summed E-state index contributed by atoms with van der Waals surface area (Å²) in [5.41, 5.74) is 5.93. The van der Waals surface area contributed by atoms with Gasteiger partial charge in [0.15, 0.2) is 0 Å². The largest absolute Gasteiger partial charge is 0.497 e. The van der Waals surface area contributed by atoms with Crippen molar-refractivity contribution >= 4 is 23.3 Å². The Morgan fingerprint density at radius 3 is 2.86 bits per heavy atom. The summed E-state index contributed by atoms with van der Waals surface area (Å²) in [6, 6.07) is 17.6. The number of benzene rings is 2. The minimum atomic E-state index is 0. The molecule has 0 saturated carbocycles. The van der Waals surface area contributed by atoms with Crippen molar-refractivity contribution in [1.29, 1.82) is 0 Å². The Balaban J connectivity index is 0.00000192. The number of para-hydroxylation sites is 1. The van der Waals surface area contributed by atoms with Gasteiger partial charge in [-0.15, -0.1) is 12.4 Å². The zero-order valence-corrected chi connectivity index (χ0v) is 17.5. The normalized spacial score (nSPS) is 24.3. The molecule has 2 atom stereocenters. The monoisotopic (exact) mass is 396 g/mol. The lowest BCUT2D eigenvalue weighted by atomic mass is 9.59. The van der Waals surface area contributed by atoms with Crippen molar-refractivity contribution in [2.24, 2.45) is 5.92 Å². The van der Waals surface area contributed by atoms with Gasteiger partial charge in [-0.3, -0.25) is 0 Å². The number of nitrogens with one attached hydrogen (secondary N) is 1. The molecule has 148 valence electrons. The number of aromatic amines is 1. The predicted molar refractivity (Wildman–Crippen MR) is 118 cm³/mol. The van der Waals surface area contributed by atoms with Crippen LogP contribution in [0.4, 0.5) is 0 Å². The van der Waals surface area contributed by atoms with Gasteiger partial charge in [0.05, 0.1) is 7.11 Å². The van der Waals surface area contributed by atoms with E-state index in [0.717, 1.165) is 25.1 Å². The smallest absolute Gasteiger partial charge is 0.119 e. The molecule has 2 unspecified atom stereocenters. The number of hydrogen-bond donors (Lipinski definition) is 1. The summed E-state index contributed by atoms with van der Waals surface area (Å²) < 4.78 is 5.56. The number of halogens is 1. The predicted octanol–water partition coefficient (Wildman–Crippen LogP) is 4.98. The molecular formula is C24H29ClN2O. The molecule has 0 spiro atoms. The second-order valence-corrected chi connectivity index (χ2v) is 8.24. The van der Waals surface area contributed by atoms with Crippen LogP contribution in [0.25, 0.3) is 10.9 Å². The van der Waals surface area contributed by atoms with Crippen molar-refractivity contribution < 1.29 is 4.74 Å². The zero-order valence-electron chi connectivity index (χ0n) is 16.7. The third-order valence-corrected chi connectivity index (χ3v) is 7.07. The number of rotatable bonds is 3. The van der Waals surface area contributed by atoms with Crippen molar-refractivity contribution in [3.8, 4) is 5.75 Å². The van der Waals surface area contributed by atoms with Crippen LogP contribution in [0.5, 0.6) is 5.75 Å². The van der Waals surface area contributed by atoms with Gasteiger partial charge in [-0.25, -0.2) is 0 Å². The summed E-state index contributed by atoms with van der Waals surface area (Å²) in [5.74, 6) is 1.62. The third-order valence-electron chi connectivity index (χ3n) is 7.07. The molecule has 1 saturated heterocycles. The molecule has 0 bridgehead atoms. The van der Waals surface area contributed by atoms with E-state index in [1.54, 1.807) is 12.7 Å². The number of piperidine rings is 1. The third kappa shape index (κ3) is 2.92. The lowest BCUT2D eigenvalue weighted by Gasteiger charge is -2.51. The minimum Gasteiger partial charge on any atom is -0.497 e. The van der Waals surface area contributed by atoms with Crippen LogP contribution < -0.4 is 4.74 Å². The van der Waals surface area contributed by atoms with Gasteiger partial charge in [-0.2, -0.15) is 0 Å². The van der Waals surface area contributed by atoms with Crippen molar-refractivity contribution in [2.75, 3.05) is 26.7 Å². The van der Waals surface area contributed by atoms with E-state index in [0.29, 0.717) is 5.92 Å².